The number of benzene rings is 2. The highest BCUT2D eigenvalue weighted by molar-refractivity contribution is 7.99. The molecule has 1 fully saturated rings. The molecule has 1 saturated heterocycles. The number of nitriles is 1. The molecule has 0 unspecified atom stereocenters. The van der Waals surface area contributed by atoms with Crippen LogP contribution < -0.4 is 10.2 Å². The van der Waals surface area contributed by atoms with Crippen LogP contribution in [-0.4, -0.2) is 26.2 Å². The van der Waals surface area contributed by atoms with Crippen molar-refractivity contribution in [3.05, 3.63) is 53.6 Å². The molecule has 1 heterocycles. The third-order valence-corrected chi connectivity index (χ3v) is 5.09. The molecule has 112 valence electrons. The average molecular weight is 309 g/mol. The Morgan fingerprint density at radius 1 is 1.09 bits per heavy atom. The topological polar surface area (TPSA) is 39.1 Å². The maximum atomic E-state index is 8.99. The van der Waals surface area contributed by atoms with Crippen LogP contribution in [0.15, 0.2) is 52.3 Å². The number of para-hydroxylation sites is 1. The summed E-state index contributed by atoms with van der Waals surface area (Å²) >= 11 is 1.78. The lowest BCUT2D eigenvalue weighted by Crippen LogP contribution is -2.43. The zero-order valence-electron chi connectivity index (χ0n) is 12.7. The largest absolute Gasteiger partial charge is 0.368 e. The van der Waals surface area contributed by atoms with Crippen LogP contribution in [0.1, 0.15) is 11.1 Å². The lowest BCUT2D eigenvalue weighted by molar-refractivity contribution is 0.587. The first-order valence-corrected chi connectivity index (χ1v) is 8.33. The van der Waals surface area contributed by atoms with E-state index in [0.29, 0.717) is 0 Å². The first-order chi connectivity index (χ1) is 10.8. The zero-order chi connectivity index (χ0) is 15.4. The normalized spacial score (nSPS) is 14.6. The maximum absolute atomic E-state index is 8.99. The Hall–Kier alpha value is -1.96. The van der Waals surface area contributed by atoms with Crippen molar-refractivity contribution in [3.63, 3.8) is 0 Å². The number of piperazine rings is 1. The number of aryl methyl sites for hydroxylation is 1. The third-order valence-electron chi connectivity index (χ3n) is 3.85. The number of hydrogen-bond acceptors (Lipinski definition) is 4. The van der Waals surface area contributed by atoms with E-state index in [1.165, 1.54) is 15.5 Å². The van der Waals surface area contributed by atoms with Gasteiger partial charge in [0.25, 0.3) is 0 Å². The molecule has 0 saturated carbocycles. The van der Waals surface area contributed by atoms with E-state index < -0.39 is 0 Å². The fourth-order valence-electron chi connectivity index (χ4n) is 2.66. The second-order valence-corrected chi connectivity index (χ2v) is 6.48. The van der Waals surface area contributed by atoms with Gasteiger partial charge < -0.3 is 10.2 Å². The van der Waals surface area contributed by atoms with E-state index in [-0.39, 0.29) is 0 Å². The minimum absolute atomic E-state index is 0.720. The monoisotopic (exact) mass is 309 g/mol. The van der Waals surface area contributed by atoms with Gasteiger partial charge in [0.05, 0.1) is 17.3 Å². The summed E-state index contributed by atoms with van der Waals surface area (Å²) in [7, 11) is 0. The zero-order valence-corrected chi connectivity index (χ0v) is 13.5. The molecule has 0 amide bonds. The molecule has 3 rings (SSSR count). The smallest absolute Gasteiger partial charge is 0.0991 e. The lowest BCUT2D eigenvalue weighted by atomic mass is 10.2. The molecular formula is C18H19N3S. The molecule has 0 bridgehead atoms. The van der Waals surface area contributed by atoms with Crippen LogP contribution in [0.2, 0.25) is 0 Å². The number of anilines is 1. The molecule has 3 nitrogen and oxygen atoms in total. The minimum Gasteiger partial charge on any atom is -0.368 e. The Balaban J connectivity index is 1.88. The minimum atomic E-state index is 0.720. The van der Waals surface area contributed by atoms with Crippen molar-refractivity contribution in [2.24, 2.45) is 0 Å². The Labute approximate surface area is 135 Å². The summed E-state index contributed by atoms with van der Waals surface area (Å²) in [6.45, 7) is 6.23. The van der Waals surface area contributed by atoms with Crippen LogP contribution in [0.4, 0.5) is 5.69 Å². The summed E-state index contributed by atoms with van der Waals surface area (Å²) in [5, 5.41) is 12.4. The average Bonchev–Trinajstić information content (AvgIpc) is 2.58. The Kier molecular flexibility index (Phi) is 4.67. The number of nitrogens with one attached hydrogen (secondary N) is 1. The molecule has 0 aromatic heterocycles. The van der Waals surface area contributed by atoms with Gasteiger partial charge >= 0.3 is 0 Å². The first kappa shape index (κ1) is 15.0. The van der Waals surface area contributed by atoms with Gasteiger partial charge in [0.15, 0.2) is 0 Å². The summed E-state index contributed by atoms with van der Waals surface area (Å²) in [5.74, 6) is 0. The molecule has 2 aromatic carbocycles. The van der Waals surface area contributed by atoms with E-state index in [1.54, 1.807) is 11.8 Å². The maximum Gasteiger partial charge on any atom is 0.0991 e. The predicted molar refractivity (Wildman–Crippen MR) is 91.5 cm³/mol. The number of rotatable bonds is 3. The molecule has 0 aliphatic carbocycles. The van der Waals surface area contributed by atoms with Gasteiger partial charge in [0.1, 0.15) is 0 Å². The van der Waals surface area contributed by atoms with E-state index >= 15 is 0 Å². The Morgan fingerprint density at radius 3 is 2.59 bits per heavy atom. The molecule has 1 aliphatic heterocycles. The van der Waals surface area contributed by atoms with Crippen LogP contribution in [-0.2, 0) is 0 Å². The van der Waals surface area contributed by atoms with Crippen molar-refractivity contribution < 1.29 is 0 Å². The number of nitrogens with zero attached hydrogens (tertiary/aromatic N) is 2. The second kappa shape index (κ2) is 6.87. The molecule has 0 spiro atoms. The van der Waals surface area contributed by atoms with Gasteiger partial charge in [-0.15, -0.1) is 0 Å². The standard InChI is InChI=1S/C18H19N3S/c1-14-12-15(13-19)6-7-17(14)22-18-5-3-2-4-16(18)21-10-8-20-9-11-21/h2-7,12,20H,8-11H2,1H3. The molecule has 2 aromatic rings. The fraction of sp³-hybridized carbons (Fsp3) is 0.278. The first-order valence-electron chi connectivity index (χ1n) is 7.51. The summed E-state index contributed by atoms with van der Waals surface area (Å²) in [6.07, 6.45) is 0. The summed E-state index contributed by atoms with van der Waals surface area (Å²) in [5.41, 5.74) is 3.18. The van der Waals surface area contributed by atoms with Crippen molar-refractivity contribution >= 4 is 17.4 Å². The number of hydrogen-bond donors (Lipinski definition) is 1. The molecule has 1 N–H and O–H groups in total. The van der Waals surface area contributed by atoms with Gasteiger partial charge in [0, 0.05) is 36.0 Å². The lowest BCUT2D eigenvalue weighted by Gasteiger charge is -2.31. The Bertz CT molecular complexity index is 700. The third kappa shape index (κ3) is 3.27. The van der Waals surface area contributed by atoms with E-state index in [4.69, 9.17) is 5.26 Å². The van der Waals surface area contributed by atoms with E-state index in [1.807, 2.05) is 18.2 Å². The second-order valence-electron chi connectivity index (χ2n) is 5.40. The van der Waals surface area contributed by atoms with Crippen molar-refractivity contribution in [1.29, 1.82) is 5.26 Å². The van der Waals surface area contributed by atoms with Gasteiger partial charge in [-0.2, -0.15) is 5.26 Å². The van der Waals surface area contributed by atoms with Crippen molar-refractivity contribution in [2.45, 2.75) is 16.7 Å². The quantitative estimate of drug-likeness (QED) is 0.943. The molecule has 0 atom stereocenters. The van der Waals surface area contributed by atoms with Crippen molar-refractivity contribution in [1.82, 2.24) is 5.32 Å². The SMILES string of the molecule is Cc1cc(C#N)ccc1Sc1ccccc1N1CCNCC1. The summed E-state index contributed by atoms with van der Waals surface area (Å²) < 4.78 is 0. The molecule has 4 heteroatoms. The van der Waals surface area contributed by atoms with Crippen LogP contribution >= 0.6 is 11.8 Å². The van der Waals surface area contributed by atoms with Gasteiger partial charge in [0.2, 0.25) is 0 Å². The van der Waals surface area contributed by atoms with E-state index in [0.717, 1.165) is 37.3 Å². The molecule has 1 aliphatic rings. The van der Waals surface area contributed by atoms with Gasteiger partial charge in [-0.25, -0.2) is 0 Å². The van der Waals surface area contributed by atoms with Crippen LogP contribution in [0, 0.1) is 18.3 Å². The molecule has 22 heavy (non-hydrogen) atoms. The fourth-order valence-corrected chi connectivity index (χ4v) is 3.70. The van der Waals surface area contributed by atoms with Crippen LogP contribution in [0.5, 0.6) is 0 Å². The van der Waals surface area contributed by atoms with E-state index in [2.05, 4.69) is 47.5 Å². The summed E-state index contributed by atoms with van der Waals surface area (Å²) in [4.78, 5) is 4.93. The van der Waals surface area contributed by atoms with Crippen LogP contribution in [0.25, 0.3) is 0 Å². The Morgan fingerprint density at radius 2 is 1.86 bits per heavy atom. The predicted octanol–water partition coefficient (Wildman–Crippen LogP) is 3.43. The van der Waals surface area contributed by atoms with Gasteiger partial charge in [-0.3, -0.25) is 0 Å². The molecule has 0 radical (unpaired) electrons. The van der Waals surface area contributed by atoms with Crippen molar-refractivity contribution in [2.75, 3.05) is 31.1 Å². The van der Waals surface area contributed by atoms with E-state index in [9.17, 15) is 0 Å². The highest BCUT2D eigenvalue weighted by Crippen LogP contribution is 2.37. The summed E-state index contributed by atoms with van der Waals surface area (Å²) in [6, 6.07) is 16.7. The van der Waals surface area contributed by atoms with Gasteiger partial charge in [-0.1, -0.05) is 23.9 Å². The highest BCUT2D eigenvalue weighted by Gasteiger charge is 2.15. The molecular weight excluding hydrogens is 290 g/mol. The van der Waals surface area contributed by atoms with Gasteiger partial charge in [-0.05, 0) is 42.8 Å². The van der Waals surface area contributed by atoms with Crippen LogP contribution in [0.3, 0.4) is 0 Å². The highest BCUT2D eigenvalue weighted by atomic mass is 32.2. The van der Waals surface area contributed by atoms with Crippen molar-refractivity contribution in [3.8, 4) is 6.07 Å².